The molecule has 0 spiro atoms. The molecule has 0 fully saturated rings. The summed E-state index contributed by atoms with van der Waals surface area (Å²) in [6.45, 7) is 0.132. The summed E-state index contributed by atoms with van der Waals surface area (Å²) in [5.41, 5.74) is 1.25. The number of hydrogen-bond donors (Lipinski definition) is 1. The second-order valence-electron chi connectivity index (χ2n) is 4.97. The molecule has 1 N–H and O–H groups in total. The lowest BCUT2D eigenvalue weighted by Crippen LogP contribution is -2.33. The van der Waals surface area contributed by atoms with Crippen molar-refractivity contribution in [3.8, 4) is 0 Å². The number of hydrogen-bond acceptors (Lipinski definition) is 3. The first-order valence-corrected chi connectivity index (χ1v) is 7.69. The molecule has 24 heavy (non-hydrogen) atoms. The molecule has 2 aromatic rings. The summed E-state index contributed by atoms with van der Waals surface area (Å²) in [5.74, 6) is -3.40. The minimum atomic E-state index is -1.63. The Morgan fingerprint density at radius 3 is 2.21 bits per heavy atom. The highest BCUT2D eigenvalue weighted by molar-refractivity contribution is 6.42. The maximum absolute atomic E-state index is 12.4. The van der Waals surface area contributed by atoms with Crippen molar-refractivity contribution in [1.82, 2.24) is 0 Å². The summed E-state index contributed by atoms with van der Waals surface area (Å²) < 4.78 is 0. The maximum Gasteiger partial charge on any atom is 0.372 e. The summed E-state index contributed by atoms with van der Waals surface area (Å²) in [4.78, 5) is 35.8. The minimum Gasteiger partial charge on any atom is -0.475 e. The van der Waals surface area contributed by atoms with E-state index in [2.05, 4.69) is 0 Å². The molecule has 0 radical (unpaired) electrons. The van der Waals surface area contributed by atoms with Gasteiger partial charge >= 0.3 is 5.97 Å². The number of carboxylic acid groups (broad SMARTS) is 1. The molecule has 0 bridgehead atoms. The normalized spacial score (nSPS) is 10.2. The fourth-order valence-corrected chi connectivity index (χ4v) is 2.38. The highest BCUT2D eigenvalue weighted by Gasteiger charge is 2.23. The van der Waals surface area contributed by atoms with Crippen LogP contribution in [0.2, 0.25) is 10.0 Å². The van der Waals surface area contributed by atoms with Crippen LogP contribution in [0.5, 0.6) is 0 Å². The standard InChI is InChI=1S/C17H13Cl2NO4/c18-13-7-6-11(8-14(13)19)10-20(12-4-2-1-3-5-12)16(22)9-15(21)17(23)24/h1-8H,9-10H2,(H,23,24). The summed E-state index contributed by atoms with van der Waals surface area (Å²) in [6, 6.07) is 13.6. The van der Waals surface area contributed by atoms with Gasteiger partial charge in [0.15, 0.2) is 0 Å². The zero-order valence-corrected chi connectivity index (χ0v) is 13.9. The number of carbonyl (C=O) groups is 3. The summed E-state index contributed by atoms with van der Waals surface area (Å²) >= 11 is 11.9. The Morgan fingerprint density at radius 1 is 0.958 bits per heavy atom. The monoisotopic (exact) mass is 365 g/mol. The number of anilines is 1. The van der Waals surface area contributed by atoms with Crippen LogP contribution in [0.25, 0.3) is 0 Å². The van der Waals surface area contributed by atoms with Crippen molar-refractivity contribution in [3.05, 3.63) is 64.1 Å². The fraction of sp³-hybridized carbons (Fsp3) is 0.118. The number of aliphatic carboxylic acids is 1. The Kier molecular flexibility index (Phi) is 5.95. The van der Waals surface area contributed by atoms with Crippen LogP contribution < -0.4 is 4.90 Å². The van der Waals surface area contributed by atoms with E-state index in [1.54, 1.807) is 48.5 Å². The molecule has 2 rings (SSSR count). The van der Waals surface area contributed by atoms with E-state index in [-0.39, 0.29) is 6.54 Å². The zero-order chi connectivity index (χ0) is 17.7. The van der Waals surface area contributed by atoms with Crippen LogP contribution in [0.1, 0.15) is 12.0 Å². The first kappa shape index (κ1) is 18.0. The van der Waals surface area contributed by atoms with E-state index in [9.17, 15) is 14.4 Å². The van der Waals surface area contributed by atoms with E-state index >= 15 is 0 Å². The van der Waals surface area contributed by atoms with Crippen LogP contribution in [0.4, 0.5) is 5.69 Å². The molecule has 0 aliphatic rings. The van der Waals surface area contributed by atoms with Crippen LogP contribution >= 0.6 is 23.2 Å². The molecule has 1 amide bonds. The van der Waals surface area contributed by atoms with Crippen LogP contribution in [-0.4, -0.2) is 22.8 Å². The quantitative estimate of drug-likeness (QED) is 0.627. The molecule has 0 unspecified atom stereocenters. The van der Waals surface area contributed by atoms with Gasteiger partial charge in [0.05, 0.1) is 23.0 Å². The third-order valence-corrected chi connectivity index (χ3v) is 3.98. The van der Waals surface area contributed by atoms with Gasteiger partial charge in [0.2, 0.25) is 11.7 Å². The van der Waals surface area contributed by atoms with Gasteiger partial charge in [-0.3, -0.25) is 9.59 Å². The second kappa shape index (κ2) is 7.95. The SMILES string of the molecule is O=C(O)C(=O)CC(=O)N(Cc1ccc(Cl)c(Cl)c1)c1ccccc1. The topological polar surface area (TPSA) is 74.7 Å². The second-order valence-corrected chi connectivity index (χ2v) is 5.78. The lowest BCUT2D eigenvalue weighted by Gasteiger charge is -2.23. The van der Waals surface area contributed by atoms with E-state index in [0.29, 0.717) is 21.3 Å². The van der Waals surface area contributed by atoms with Gasteiger partial charge in [-0.1, -0.05) is 47.5 Å². The molecule has 0 heterocycles. The van der Waals surface area contributed by atoms with Crippen LogP contribution in [0, 0.1) is 0 Å². The Morgan fingerprint density at radius 2 is 1.62 bits per heavy atom. The van der Waals surface area contributed by atoms with Crippen molar-refractivity contribution in [2.24, 2.45) is 0 Å². The molecule has 0 atom stereocenters. The predicted octanol–water partition coefficient (Wildman–Crippen LogP) is 3.57. The average molecular weight is 366 g/mol. The molecule has 7 heteroatoms. The van der Waals surface area contributed by atoms with Gasteiger partial charge < -0.3 is 10.0 Å². The number of Topliss-reactive ketones (excluding diaryl/α,β-unsaturated/α-hetero) is 1. The highest BCUT2D eigenvalue weighted by Crippen LogP contribution is 2.25. The number of para-hydroxylation sites is 1. The van der Waals surface area contributed by atoms with Crippen molar-refractivity contribution in [1.29, 1.82) is 0 Å². The van der Waals surface area contributed by atoms with Gasteiger partial charge in [0.25, 0.3) is 0 Å². The van der Waals surface area contributed by atoms with Crippen LogP contribution in [-0.2, 0) is 20.9 Å². The molecule has 0 aliphatic heterocycles. The maximum atomic E-state index is 12.4. The van der Waals surface area contributed by atoms with Crippen molar-refractivity contribution in [3.63, 3.8) is 0 Å². The summed E-state index contributed by atoms with van der Waals surface area (Å²) in [6.07, 6.45) is -0.717. The van der Waals surface area contributed by atoms with Crippen LogP contribution in [0.3, 0.4) is 0 Å². The number of ketones is 1. The fourth-order valence-electron chi connectivity index (χ4n) is 2.06. The van der Waals surface area contributed by atoms with Gasteiger partial charge in [-0.25, -0.2) is 4.79 Å². The van der Waals surface area contributed by atoms with Gasteiger partial charge in [-0.15, -0.1) is 0 Å². The number of halogens is 2. The summed E-state index contributed by atoms with van der Waals surface area (Å²) in [7, 11) is 0. The molecule has 5 nitrogen and oxygen atoms in total. The molecule has 0 aliphatic carbocycles. The van der Waals surface area contributed by atoms with E-state index in [1.807, 2.05) is 0 Å². The number of amides is 1. The molecule has 0 saturated heterocycles. The minimum absolute atomic E-state index is 0.132. The van der Waals surface area contributed by atoms with E-state index in [0.717, 1.165) is 0 Å². The average Bonchev–Trinajstić information content (AvgIpc) is 2.56. The van der Waals surface area contributed by atoms with Crippen molar-refractivity contribution in [2.75, 3.05) is 4.90 Å². The van der Waals surface area contributed by atoms with Crippen molar-refractivity contribution < 1.29 is 19.5 Å². The molecule has 2 aromatic carbocycles. The first-order chi connectivity index (χ1) is 11.4. The molecule has 124 valence electrons. The molecular weight excluding hydrogens is 353 g/mol. The van der Waals surface area contributed by atoms with Crippen molar-refractivity contribution in [2.45, 2.75) is 13.0 Å². The predicted molar refractivity (Wildman–Crippen MR) is 91.4 cm³/mol. The third-order valence-electron chi connectivity index (χ3n) is 3.24. The number of benzene rings is 2. The zero-order valence-electron chi connectivity index (χ0n) is 12.4. The van der Waals surface area contributed by atoms with E-state index < -0.39 is 24.1 Å². The Bertz CT molecular complexity index is 777. The van der Waals surface area contributed by atoms with Gasteiger partial charge in [-0.2, -0.15) is 0 Å². The summed E-state index contributed by atoms with van der Waals surface area (Å²) in [5, 5.41) is 9.42. The Labute approximate surface area is 148 Å². The molecule has 0 saturated carbocycles. The largest absolute Gasteiger partial charge is 0.475 e. The highest BCUT2D eigenvalue weighted by atomic mass is 35.5. The molecular formula is C17H13Cl2NO4. The Balaban J connectivity index is 2.29. The van der Waals surface area contributed by atoms with Crippen LogP contribution in [0.15, 0.2) is 48.5 Å². The first-order valence-electron chi connectivity index (χ1n) is 6.94. The number of carbonyl (C=O) groups excluding carboxylic acids is 2. The van der Waals surface area contributed by atoms with Gasteiger partial charge in [0.1, 0.15) is 0 Å². The van der Waals surface area contributed by atoms with Crippen molar-refractivity contribution >= 4 is 46.5 Å². The number of rotatable bonds is 6. The smallest absolute Gasteiger partial charge is 0.372 e. The van der Waals surface area contributed by atoms with Gasteiger partial charge in [0, 0.05) is 5.69 Å². The lowest BCUT2D eigenvalue weighted by molar-refractivity contribution is -0.150. The number of nitrogens with zero attached hydrogens (tertiary/aromatic N) is 1. The number of carboxylic acids is 1. The van der Waals surface area contributed by atoms with E-state index in [4.69, 9.17) is 28.3 Å². The molecule has 0 aromatic heterocycles. The lowest BCUT2D eigenvalue weighted by atomic mass is 10.1. The van der Waals surface area contributed by atoms with Gasteiger partial charge in [-0.05, 0) is 29.8 Å². The Hall–Kier alpha value is -2.37. The van der Waals surface area contributed by atoms with E-state index in [1.165, 1.54) is 4.90 Å². The third kappa shape index (κ3) is 4.57.